The summed E-state index contributed by atoms with van der Waals surface area (Å²) >= 11 is 1.78. The van der Waals surface area contributed by atoms with Gasteiger partial charge in [0.25, 0.3) is 5.91 Å². The molecule has 0 N–H and O–H groups in total. The molecule has 0 saturated carbocycles. The molecular formula is C14H17F3N2O2S. The maximum Gasteiger partial charge on any atom is 0.422 e. The Morgan fingerprint density at radius 2 is 2.05 bits per heavy atom. The van der Waals surface area contributed by atoms with Crippen LogP contribution >= 0.6 is 11.8 Å². The van der Waals surface area contributed by atoms with Gasteiger partial charge in [-0.15, -0.1) is 0 Å². The average molecular weight is 334 g/mol. The molecule has 0 unspecified atom stereocenters. The fourth-order valence-corrected chi connectivity index (χ4v) is 3.65. The normalized spacial score (nSPS) is 22.5. The molecule has 0 radical (unpaired) electrons. The predicted octanol–water partition coefficient (Wildman–Crippen LogP) is 2.99. The highest BCUT2D eigenvalue weighted by molar-refractivity contribution is 8.00. The van der Waals surface area contributed by atoms with Crippen LogP contribution in [0.3, 0.4) is 0 Å². The van der Waals surface area contributed by atoms with Gasteiger partial charge in [0.2, 0.25) is 0 Å². The summed E-state index contributed by atoms with van der Waals surface area (Å²) in [6.45, 7) is 3.67. The van der Waals surface area contributed by atoms with Gasteiger partial charge in [0.05, 0.1) is 0 Å². The van der Waals surface area contributed by atoms with Gasteiger partial charge in [0, 0.05) is 29.8 Å². The van der Waals surface area contributed by atoms with Crippen LogP contribution in [0.2, 0.25) is 0 Å². The lowest BCUT2D eigenvalue weighted by molar-refractivity contribution is -0.153. The van der Waals surface area contributed by atoms with Gasteiger partial charge in [-0.05, 0) is 12.1 Å². The molecule has 4 nitrogen and oxygen atoms in total. The van der Waals surface area contributed by atoms with Crippen LogP contribution in [0.1, 0.15) is 24.3 Å². The summed E-state index contributed by atoms with van der Waals surface area (Å²) in [6, 6.07) is 2.78. The Hall–Kier alpha value is -1.44. The van der Waals surface area contributed by atoms with Gasteiger partial charge in [-0.2, -0.15) is 24.9 Å². The zero-order valence-corrected chi connectivity index (χ0v) is 13.1. The van der Waals surface area contributed by atoms with Crippen molar-refractivity contribution in [3.05, 3.63) is 24.0 Å². The third-order valence-corrected chi connectivity index (χ3v) is 4.30. The molecule has 1 aliphatic heterocycles. The van der Waals surface area contributed by atoms with Gasteiger partial charge in [0.15, 0.2) is 18.1 Å². The summed E-state index contributed by atoms with van der Waals surface area (Å²) < 4.78 is 41.6. The highest BCUT2D eigenvalue weighted by atomic mass is 32.2. The van der Waals surface area contributed by atoms with Crippen molar-refractivity contribution >= 4 is 17.7 Å². The van der Waals surface area contributed by atoms with E-state index in [0.29, 0.717) is 13.1 Å². The molecule has 0 bridgehead atoms. The van der Waals surface area contributed by atoms with E-state index in [1.165, 1.54) is 18.3 Å². The molecule has 0 aliphatic carbocycles. The molecule has 1 saturated heterocycles. The number of hydrogen-bond donors (Lipinski definition) is 0. The molecule has 2 rings (SSSR count). The smallest absolute Gasteiger partial charge is 0.422 e. The second kappa shape index (κ2) is 6.76. The van der Waals surface area contributed by atoms with Crippen molar-refractivity contribution in [3.8, 4) is 5.75 Å². The van der Waals surface area contributed by atoms with Crippen molar-refractivity contribution in [2.45, 2.75) is 30.5 Å². The van der Waals surface area contributed by atoms with Gasteiger partial charge >= 0.3 is 6.18 Å². The van der Waals surface area contributed by atoms with Crippen molar-refractivity contribution in [2.24, 2.45) is 0 Å². The zero-order chi connectivity index (χ0) is 16.3. The SMILES string of the molecule is C[C@@H]1CN(C(=O)c2ncccc2OCC(F)(F)F)C[C@@H](C)S1. The number of aromatic nitrogens is 1. The highest BCUT2D eigenvalue weighted by Gasteiger charge is 2.31. The monoisotopic (exact) mass is 334 g/mol. The Bertz CT molecular complexity index is 529. The number of thioether (sulfide) groups is 1. The van der Waals surface area contributed by atoms with Crippen molar-refractivity contribution < 1.29 is 22.7 Å². The number of hydrogen-bond acceptors (Lipinski definition) is 4. The number of rotatable bonds is 3. The van der Waals surface area contributed by atoms with Crippen molar-refractivity contribution in [1.29, 1.82) is 0 Å². The number of amides is 1. The number of carbonyl (C=O) groups excluding carboxylic acids is 1. The molecule has 0 aromatic carbocycles. The minimum Gasteiger partial charge on any atom is -0.482 e. The van der Waals surface area contributed by atoms with Gasteiger partial charge < -0.3 is 9.64 Å². The van der Waals surface area contributed by atoms with E-state index in [2.05, 4.69) is 4.98 Å². The van der Waals surface area contributed by atoms with Crippen molar-refractivity contribution in [1.82, 2.24) is 9.88 Å². The van der Waals surface area contributed by atoms with Crippen LogP contribution in [0.15, 0.2) is 18.3 Å². The number of halogens is 3. The van der Waals surface area contributed by atoms with E-state index in [-0.39, 0.29) is 21.9 Å². The highest BCUT2D eigenvalue weighted by Crippen LogP contribution is 2.27. The van der Waals surface area contributed by atoms with E-state index < -0.39 is 18.7 Å². The molecule has 1 aromatic rings. The minimum absolute atomic E-state index is 0.0712. The molecule has 22 heavy (non-hydrogen) atoms. The summed E-state index contributed by atoms with van der Waals surface area (Å²) in [5.41, 5.74) is -0.0712. The van der Waals surface area contributed by atoms with E-state index in [4.69, 9.17) is 4.74 Å². The van der Waals surface area contributed by atoms with Crippen LogP contribution in [-0.4, -0.2) is 52.2 Å². The molecule has 2 heterocycles. The Labute approximate surface area is 131 Å². The Morgan fingerprint density at radius 1 is 1.41 bits per heavy atom. The summed E-state index contributed by atoms with van der Waals surface area (Å²) in [5.74, 6) is -0.528. The molecule has 1 aromatic heterocycles. The lowest BCUT2D eigenvalue weighted by Gasteiger charge is -2.34. The van der Waals surface area contributed by atoms with E-state index in [0.717, 1.165) is 0 Å². The summed E-state index contributed by atoms with van der Waals surface area (Å²) in [6.07, 6.45) is -3.08. The van der Waals surface area contributed by atoms with E-state index in [1.807, 2.05) is 13.8 Å². The van der Waals surface area contributed by atoms with E-state index in [1.54, 1.807) is 16.7 Å². The molecule has 122 valence electrons. The molecular weight excluding hydrogens is 317 g/mol. The first-order valence-corrected chi connectivity index (χ1v) is 7.80. The van der Waals surface area contributed by atoms with Crippen LogP contribution in [0, 0.1) is 0 Å². The number of alkyl halides is 3. The molecule has 1 aliphatic rings. The Morgan fingerprint density at radius 3 is 2.64 bits per heavy atom. The van der Waals surface area contributed by atoms with Crippen LogP contribution in [0.25, 0.3) is 0 Å². The maximum atomic E-state index is 12.5. The van der Waals surface area contributed by atoms with Crippen molar-refractivity contribution in [2.75, 3.05) is 19.7 Å². The van der Waals surface area contributed by atoms with E-state index >= 15 is 0 Å². The second-order valence-electron chi connectivity index (χ2n) is 5.22. The Balaban J connectivity index is 2.15. The molecule has 1 fully saturated rings. The minimum atomic E-state index is -4.46. The second-order valence-corrected chi connectivity index (χ2v) is 7.10. The first-order valence-electron chi connectivity index (χ1n) is 6.85. The first kappa shape index (κ1) is 16.9. The third kappa shape index (κ3) is 4.53. The molecule has 0 spiro atoms. The summed E-state index contributed by atoms with van der Waals surface area (Å²) in [5, 5.41) is 0.548. The van der Waals surface area contributed by atoms with Crippen molar-refractivity contribution in [3.63, 3.8) is 0 Å². The molecule has 2 atom stereocenters. The lowest BCUT2D eigenvalue weighted by Crippen LogP contribution is -2.44. The lowest BCUT2D eigenvalue weighted by atomic mass is 10.2. The number of nitrogens with zero attached hydrogens (tertiary/aromatic N) is 2. The van der Waals surface area contributed by atoms with Gasteiger partial charge in [0.1, 0.15) is 0 Å². The van der Waals surface area contributed by atoms with Gasteiger partial charge in [-0.3, -0.25) is 4.79 Å². The maximum absolute atomic E-state index is 12.5. The number of carbonyl (C=O) groups is 1. The largest absolute Gasteiger partial charge is 0.482 e. The van der Waals surface area contributed by atoms with Crippen LogP contribution in [0.5, 0.6) is 5.75 Å². The first-order chi connectivity index (χ1) is 10.3. The Kier molecular flexibility index (Phi) is 5.20. The summed E-state index contributed by atoms with van der Waals surface area (Å²) in [4.78, 5) is 18.1. The summed E-state index contributed by atoms with van der Waals surface area (Å²) in [7, 11) is 0. The topological polar surface area (TPSA) is 42.4 Å². The standard InChI is InChI=1S/C14H17F3N2O2S/c1-9-6-19(7-10(2)22-9)13(20)12-11(4-3-5-18-12)21-8-14(15,16)17/h3-5,9-10H,6-8H2,1-2H3/t9-,10-/m1/s1. The third-order valence-electron chi connectivity index (χ3n) is 3.07. The van der Waals surface area contributed by atoms with Gasteiger partial charge in [-0.25, -0.2) is 4.98 Å². The van der Waals surface area contributed by atoms with Crippen LogP contribution < -0.4 is 4.74 Å². The van der Waals surface area contributed by atoms with Gasteiger partial charge in [-0.1, -0.05) is 13.8 Å². The average Bonchev–Trinajstić information content (AvgIpc) is 2.43. The molecule has 8 heteroatoms. The fraction of sp³-hybridized carbons (Fsp3) is 0.571. The zero-order valence-electron chi connectivity index (χ0n) is 12.3. The predicted molar refractivity (Wildman–Crippen MR) is 78.2 cm³/mol. The number of pyridine rings is 1. The van der Waals surface area contributed by atoms with Crippen LogP contribution in [0.4, 0.5) is 13.2 Å². The number of ether oxygens (including phenoxy) is 1. The van der Waals surface area contributed by atoms with E-state index in [9.17, 15) is 18.0 Å². The fourth-order valence-electron chi connectivity index (χ4n) is 2.32. The van der Waals surface area contributed by atoms with Crippen LogP contribution in [-0.2, 0) is 0 Å². The quantitative estimate of drug-likeness (QED) is 0.852. The molecule has 1 amide bonds.